The lowest BCUT2D eigenvalue weighted by Gasteiger charge is -2.02. The van der Waals surface area contributed by atoms with Gasteiger partial charge < -0.3 is 5.32 Å². The van der Waals surface area contributed by atoms with E-state index < -0.39 is 0 Å². The van der Waals surface area contributed by atoms with Crippen LogP contribution in [0.4, 0.5) is 5.69 Å². The van der Waals surface area contributed by atoms with Gasteiger partial charge in [0, 0.05) is 30.7 Å². The molecule has 2 aromatic heterocycles. The maximum Gasteiger partial charge on any atom is 0.0537 e. The van der Waals surface area contributed by atoms with Crippen LogP contribution in [0.25, 0.3) is 0 Å². The highest BCUT2D eigenvalue weighted by molar-refractivity contribution is 5.40. The fourth-order valence-electron chi connectivity index (χ4n) is 1.05. The largest absolute Gasteiger partial charge is 0.380 e. The van der Waals surface area contributed by atoms with Gasteiger partial charge in [0.2, 0.25) is 0 Å². The summed E-state index contributed by atoms with van der Waals surface area (Å²) in [6, 6.07) is 3.88. The second kappa shape index (κ2) is 3.71. The molecule has 2 heterocycles. The number of rotatable bonds is 3. The van der Waals surface area contributed by atoms with E-state index in [0.717, 1.165) is 17.8 Å². The molecule has 0 saturated heterocycles. The standard InChI is InChI=1S/C9H10N4/c1-2-9(7-10-3-1)11-4-8-5-12-13-6-8/h1-3,5-7,11H,4H2,(H,12,13). The van der Waals surface area contributed by atoms with Crippen molar-refractivity contribution in [2.75, 3.05) is 5.32 Å². The predicted molar refractivity (Wildman–Crippen MR) is 50.2 cm³/mol. The van der Waals surface area contributed by atoms with Gasteiger partial charge in [0.25, 0.3) is 0 Å². The van der Waals surface area contributed by atoms with E-state index >= 15 is 0 Å². The van der Waals surface area contributed by atoms with Crippen molar-refractivity contribution in [1.29, 1.82) is 0 Å². The summed E-state index contributed by atoms with van der Waals surface area (Å²) in [6.07, 6.45) is 7.20. The minimum absolute atomic E-state index is 0.766. The molecule has 0 saturated carbocycles. The van der Waals surface area contributed by atoms with Gasteiger partial charge in [-0.3, -0.25) is 10.1 Å². The van der Waals surface area contributed by atoms with Crippen LogP contribution in [0, 0.1) is 0 Å². The Morgan fingerprint density at radius 1 is 1.38 bits per heavy atom. The van der Waals surface area contributed by atoms with Gasteiger partial charge in [-0.15, -0.1) is 0 Å². The van der Waals surface area contributed by atoms with Crippen LogP contribution in [0.1, 0.15) is 5.56 Å². The van der Waals surface area contributed by atoms with Crippen molar-refractivity contribution in [1.82, 2.24) is 15.2 Å². The second-order valence-electron chi connectivity index (χ2n) is 2.70. The first kappa shape index (κ1) is 7.79. The maximum atomic E-state index is 4.00. The Balaban J connectivity index is 1.94. The van der Waals surface area contributed by atoms with Crippen molar-refractivity contribution >= 4 is 5.69 Å². The zero-order valence-electron chi connectivity index (χ0n) is 7.07. The molecule has 0 aliphatic rings. The lowest BCUT2D eigenvalue weighted by atomic mass is 10.3. The van der Waals surface area contributed by atoms with Gasteiger partial charge in [0.05, 0.1) is 11.9 Å². The minimum atomic E-state index is 0.766. The molecule has 0 radical (unpaired) electrons. The Bertz CT molecular complexity index is 341. The van der Waals surface area contributed by atoms with E-state index in [9.17, 15) is 0 Å². The quantitative estimate of drug-likeness (QED) is 0.739. The van der Waals surface area contributed by atoms with E-state index in [2.05, 4.69) is 20.5 Å². The first-order valence-electron chi connectivity index (χ1n) is 4.07. The number of aromatic nitrogens is 3. The molecule has 0 aromatic carbocycles. The first-order valence-corrected chi connectivity index (χ1v) is 4.07. The monoisotopic (exact) mass is 174 g/mol. The molecular weight excluding hydrogens is 164 g/mol. The number of nitrogens with one attached hydrogen (secondary N) is 2. The van der Waals surface area contributed by atoms with Crippen molar-refractivity contribution in [3.8, 4) is 0 Å². The van der Waals surface area contributed by atoms with E-state index in [1.165, 1.54) is 0 Å². The molecule has 0 unspecified atom stereocenters. The third-order valence-corrected chi connectivity index (χ3v) is 1.71. The van der Waals surface area contributed by atoms with Crippen LogP contribution in [0.5, 0.6) is 0 Å². The Hall–Kier alpha value is -1.84. The first-order chi connectivity index (χ1) is 6.45. The summed E-state index contributed by atoms with van der Waals surface area (Å²) in [5.41, 5.74) is 2.15. The summed E-state index contributed by atoms with van der Waals surface area (Å²) in [7, 11) is 0. The number of pyridine rings is 1. The number of H-pyrrole nitrogens is 1. The highest BCUT2D eigenvalue weighted by Gasteiger charge is 1.93. The van der Waals surface area contributed by atoms with Gasteiger partial charge in [-0.25, -0.2) is 0 Å². The van der Waals surface area contributed by atoms with Crippen LogP contribution < -0.4 is 5.32 Å². The molecular formula is C9H10N4. The number of hydrogen-bond acceptors (Lipinski definition) is 3. The SMILES string of the molecule is c1cncc(NCc2cn[nH]c2)c1. The van der Waals surface area contributed by atoms with E-state index in [1.54, 1.807) is 18.6 Å². The molecule has 0 bridgehead atoms. The number of aromatic amines is 1. The van der Waals surface area contributed by atoms with Crippen LogP contribution >= 0.6 is 0 Å². The summed E-state index contributed by atoms with van der Waals surface area (Å²) in [6.45, 7) is 0.766. The smallest absolute Gasteiger partial charge is 0.0537 e. The summed E-state index contributed by atoms with van der Waals surface area (Å²) in [4.78, 5) is 4.00. The molecule has 0 spiro atoms. The molecule has 4 nitrogen and oxygen atoms in total. The van der Waals surface area contributed by atoms with Crippen molar-refractivity contribution in [2.45, 2.75) is 6.54 Å². The molecule has 0 aliphatic heterocycles. The number of anilines is 1. The topological polar surface area (TPSA) is 53.6 Å². The second-order valence-corrected chi connectivity index (χ2v) is 2.70. The minimum Gasteiger partial charge on any atom is -0.380 e. The fraction of sp³-hybridized carbons (Fsp3) is 0.111. The third-order valence-electron chi connectivity index (χ3n) is 1.71. The molecule has 66 valence electrons. The Morgan fingerprint density at radius 3 is 3.08 bits per heavy atom. The predicted octanol–water partition coefficient (Wildman–Crippen LogP) is 1.42. The summed E-state index contributed by atoms with van der Waals surface area (Å²) < 4.78 is 0. The zero-order valence-corrected chi connectivity index (χ0v) is 7.07. The van der Waals surface area contributed by atoms with Crippen molar-refractivity contribution in [2.24, 2.45) is 0 Å². The Kier molecular flexibility index (Phi) is 2.22. The van der Waals surface area contributed by atoms with Crippen molar-refractivity contribution < 1.29 is 0 Å². The van der Waals surface area contributed by atoms with E-state index in [-0.39, 0.29) is 0 Å². The lowest BCUT2D eigenvalue weighted by Crippen LogP contribution is -1.97. The van der Waals surface area contributed by atoms with Gasteiger partial charge in [-0.1, -0.05) is 0 Å². The molecule has 4 heteroatoms. The third kappa shape index (κ3) is 2.05. The molecule has 0 atom stereocenters. The lowest BCUT2D eigenvalue weighted by molar-refractivity contribution is 1.09. The number of hydrogen-bond donors (Lipinski definition) is 2. The summed E-state index contributed by atoms with van der Waals surface area (Å²) in [5, 5.41) is 9.84. The molecule has 13 heavy (non-hydrogen) atoms. The van der Waals surface area contributed by atoms with Crippen molar-refractivity contribution in [3.63, 3.8) is 0 Å². The average Bonchev–Trinajstić information content (AvgIpc) is 2.69. The van der Waals surface area contributed by atoms with Gasteiger partial charge >= 0.3 is 0 Å². The number of nitrogens with zero attached hydrogens (tertiary/aromatic N) is 2. The molecule has 0 fully saturated rings. The Morgan fingerprint density at radius 2 is 2.38 bits per heavy atom. The molecule has 2 aromatic rings. The zero-order chi connectivity index (χ0) is 8.93. The van der Waals surface area contributed by atoms with Crippen molar-refractivity contribution in [3.05, 3.63) is 42.5 Å². The fourth-order valence-corrected chi connectivity index (χ4v) is 1.05. The summed E-state index contributed by atoms with van der Waals surface area (Å²) >= 11 is 0. The summed E-state index contributed by atoms with van der Waals surface area (Å²) in [5.74, 6) is 0. The van der Waals surface area contributed by atoms with Crippen LogP contribution in [0.15, 0.2) is 36.9 Å². The van der Waals surface area contributed by atoms with E-state index in [4.69, 9.17) is 0 Å². The van der Waals surface area contributed by atoms with E-state index in [1.807, 2.05) is 18.3 Å². The van der Waals surface area contributed by atoms with Gasteiger partial charge in [-0.05, 0) is 12.1 Å². The molecule has 0 amide bonds. The highest BCUT2D eigenvalue weighted by atomic mass is 15.1. The van der Waals surface area contributed by atoms with Gasteiger partial charge in [0.1, 0.15) is 0 Å². The molecule has 2 N–H and O–H groups in total. The average molecular weight is 174 g/mol. The normalized spacial score (nSPS) is 9.85. The van der Waals surface area contributed by atoms with Crippen LogP contribution in [-0.4, -0.2) is 15.2 Å². The Labute approximate surface area is 76.0 Å². The van der Waals surface area contributed by atoms with Gasteiger partial charge in [-0.2, -0.15) is 5.10 Å². The molecule has 0 aliphatic carbocycles. The van der Waals surface area contributed by atoms with Crippen LogP contribution in [0.3, 0.4) is 0 Å². The maximum absolute atomic E-state index is 4.00. The highest BCUT2D eigenvalue weighted by Crippen LogP contribution is 2.04. The van der Waals surface area contributed by atoms with Crippen LogP contribution in [-0.2, 0) is 6.54 Å². The molecule has 2 rings (SSSR count). The van der Waals surface area contributed by atoms with Crippen LogP contribution in [0.2, 0.25) is 0 Å². The van der Waals surface area contributed by atoms with Gasteiger partial charge in [0.15, 0.2) is 0 Å². The van der Waals surface area contributed by atoms with E-state index in [0.29, 0.717) is 0 Å².